The minimum Gasteiger partial charge on any atom is -0.490 e. The predicted molar refractivity (Wildman–Crippen MR) is 76.4 cm³/mol. The van der Waals surface area contributed by atoms with E-state index in [1.54, 1.807) is 0 Å². The number of rotatable bonds is 4. The Bertz CT molecular complexity index is 771. The highest BCUT2D eigenvalue weighted by atomic mass is 35.5. The molecule has 0 aliphatic rings. The van der Waals surface area contributed by atoms with E-state index in [0.717, 1.165) is 24.3 Å². The van der Waals surface area contributed by atoms with Crippen molar-refractivity contribution in [3.05, 3.63) is 51.5 Å². The van der Waals surface area contributed by atoms with Gasteiger partial charge >= 0.3 is 5.97 Å². The first kappa shape index (κ1) is 14.9. The van der Waals surface area contributed by atoms with Crippen LogP contribution in [-0.2, 0) is 0 Å². The molecule has 0 bridgehead atoms. The first-order valence-electron chi connectivity index (χ1n) is 6.36. The van der Waals surface area contributed by atoms with Crippen molar-refractivity contribution in [1.29, 1.82) is 0 Å². The van der Waals surface area contributed by atoms with Gasteiger partial charge in [-0.15, -0.1) is 0 Å². The highest BCUT2D eigenvalue weighted by molar-refractivity contribution is 6.42. The Balaban J connectivity index is 2.53. The van der Waals surface area contributed by atoms with E-state index >= 15 is 0 Å². The van der Waals surface area contributed by atoms with Gasteiger partial charge in [0.25, 0.3) is 0 Å². The maximum Gasteiger partial charge on any atom is 0.339 e. The van der Waals surface area contributed by atoms with Crippen LogP contribution in [0.1, 0.15) is 11.7 Å². The van der Waals surface area contributed by atoms with Crippen molar-refractivity contribution in [1.82, 2.24) is 0 Å². The molecule has 0 aliphatic carbocycles. The quantitative estimate of drug-likeness (QED) is 0.863. The Morgan fingerprint density at radius 2 is 1.91 bits per heavy atom. The van der Waals surface area contributed by atoms with Crippen molar-refractivity contribution >= 4 is 29.2 Å². The molecular formula is C14H8Cl2F2O4. The summed E-state index contributed by atoms with van der Waals surface area (Å²) in [5, 5.41) is 9.15. The van der Waals surface area contributed by atoms with Crippen molar-refractivity contribution in [3.8, 4) is 17.2 Å². The van der Waals surface area contributed by atoms with E-state index in [1.807, 2.05) is 0 Å². The van der Waals surface area contributed by atoms with Crippen LogP contribution in [0.15, 0.2) is 24.3 Å². The molecule has 0 saturated carbocycles. The third-order valence-electron chi connectivity index (χ3n) is 2.63. The minimum atomic E-state index is -1.36. The fourth-order valence-corrected chi connectivity index (χ4v) is 1.95. The molecule has 0 unspecified atom stereocenters. The van der Waals surface area contributed by atoms with Gasteiger partial charge in [0.1, 0.15) is 11.3 Å². The molecule has 0 aliphatic heterocycles. The molecule has 8 heteroatoms. The summed E-state index contributed by atoms with van der Waals surface area (Å²) in [6, 6.07) is 4.00. The van der Waals surface area contributed by atoms with Gasteiger partial charge in [-0.2, -0.15) is 4.39 Å². The van der Waals surface area contributed by atoms with E-state index < -0.39 is 30.4 Å². The van der Waals surface area contributed by atoms with Crippen LogP contribution in [0.2, 0.25) is 10.0 Å². The average Bonchev–Trinajstić information content (AvgIpc) is 2.49. The average molecular weight is 350 g/mol. The molecule has 0 atom stereocenters. The van der Waals surface area contributed by atoms with Crippen LogP contribution in [0.4, 0.5) is 8.78 Å². The van der Waals surface area contributed by atoms with Crippen LogP contribution in [0.5, 0.6) is 17.2 Å². The number of carboxylic acids is 1. The highest BCUT2D eigenvalue weighted by Crippen LogP contribution is 2.38. The Hall–Kier alpha value is -2.05. The van der Waals surface area contributed by atoms with Crippen molar-refractivity contribution in [2.24, 2.45) is 0 Å². The van der Waals surface area contributed by atoms with E-state index in [0.29, 0.717) is 0 Å². The number of hydrogen-bond donors (Lipinski definition) is 1. The molecule has 1 N–H and O–H groups in total. The molecule has 0 aromatic heterocycles. The second-order valence-corrected chi connectivity index (χ2v) is 4.82. The normalized spacial score (nSPS) is 11.0. The summed E-state index contributed by atoms with van der Waals surface area (Å²) >= 11 is 11.6. The number of methoxy groups -OCH3 is 1. The monoisotopic (exact) mass is 349 g/mol. The second-order valence-electron chi connectivity index (χ2n) is 4.00. The van der Waals surface area contributed by atoms with E-state index in [-0.39, 0.29) is 27.1 Å². The SMILES string of the molecule is [2H]COc1c(Oc2cc(Cl)c(Cl)cc2C(=O)O)ccc(F)c1F. The molecule has 2 aromatic rings. The lowest BCUT2D eigenvalue weighted by molar-refractivity contribution is 0.0694. The maximum atomic E-state index is 13.7. The van der Waals surface area contributed by atoms with Gasteiger partial charge in [0, 0.05) is 6.07 Å². The number of halogens is 4. The van der Waals surface area contributed by atoms with E-state index in [1.165, 1.54) is 0 Å². The highest BCUT2D eigenvalue weighted by Gasteiger charge is 2.20. The fourth-order valence-electron chi connectivity index (χ4n) is 1.63. The molecule has 22 heavy (non-hydrogen) atoms. The third kappa shape index (κ3) is 3.08. The number of aromatic carboxylic acids is 1. The van der Waals surface area contributed by atoms with Gasteiger partial charge in [-0.1, -0.05) is 23.2 Å². The zero-order chi connectivity index (χ0) is 17.1. The smallest absolute Gasteiger partial charge is 0.339 e. The van der Waals surface area contributed by atoms with E-state index in [2.05, 4.69) is 0 Å². The summed E-state index contributed by atoms with van der Waals surface area (Å²) in [6.07, 6.45) is 0. The minimum absolute atomic E-state index is 0.00987. The lowest BCUT2D eigenvalue weighted by atomic mass is 10.2. The first-order valence-corrected chi connectivity index (χ1v) is 6.41. The molecule has 0 saturated heterocycles. The van der Waals surface area contributed by atoms with Crippen LogP contribution in [0, 0.1) is 11.6 Å². The lowest BCUT2D eigenvalue weighted by Gasteiger charge is -2.13. The third-order valence-corrected chi connectivity index (χ3v) is 3.35. The van der Waals surface area contributed by atoms with Gasteiger partial charge in [-0.25, -0.2) is 9.18 Å². The first-order chi connectivity index (χ1) is 10.8. The van der Waals surface area contributed by atoms with Gasteiger partial charge in [-0.3, -0.25) is 0 Å². The Morgan fingerprint density at radius 3 is 2.55 bits per heavy atom. The largest absolute Gasteiger partial charge is 0.490 e. The number of carbonyl (C=O) groups is 1. The summed E-state index contributed by atoms with van der Waals surface area (Å²) in [6.45, 7) is 0. The Kier molecular flexibility index (Phi) is 4.31. The van der Waals surface area contributed by atoms with Crippen LogP contribution < -0.4 is 9.47 Å². The molecule has 116 valence electrons. The van der Waals surface area contributed by atoms with Gasteiger partial charge in [0.2, 0.25) is 11.6 Å². The van der Waals surface area contributed by atoms with Crippen molar-refractivity contribution in [2.45, 2.75) is 0 Å². The van der Waals surface area contributed by atoms with Crippen LogP contribution in [0.3, 0.4) is 0 Å². The van der Waals surface area contributed by atoms with Gasteiger partial charge < -0.3 is 14.6 Å². The van der Waals surface area contributed by atoms with Crippen molar-refractivity contribution in [2.75, 3.05) is 7.09 Å². The second kappa shape index (κ2) is 6.37. The summed E-state index contributed by atoms with van der Waals surface area (Å²) in [5.41, 5.74) is -0.332. The summed E-state index contributed by atoms with van der Waals surface area (Å²) in [4.78, 5) is 11.2. The van der Waals surface area contributed by atoms with E-state index in [9.17, 15) is 13.6 Å². The molecule has 0 radical (unpaired) electrons. The van der Waals surface area contributed by atoms with E-state index in [4.69, 9.17) is 39.2 Å². The summed E-state index contributed by atoms with van der Waals surface area (Å²) in [5.74, 6) is -5.11. The summed E-state index contributed by atoms with van der Waals surface area (Å²) < 4.78 is 43.9. The van der Waals surface area contributed by atoms with Crippen LogP contribution in [-0.4, -0.2) is 18.2 Å². The van der Waals surface area contributed by atoms with Crippen LogP contribution >= 0.6 is 23.2 Å². The lowest BCUT2D eigenvalue weighted by Crippen LogP contribution is -2.02. The van der Waals surface area contributed by atoms with Crippen LogP contribution in [0.25, 0.3) is 0 Å². The Labute approximate surface area is 135 Å². The zero-order valence-corrected chi connectivity index (χ0v) is 12.2. The molecule has 2 rings (SSSR count). The predicted octanol–water partition coefficient (Wildman–Crippen LogP) is 4.77. The molecule has 0 fully saturated rings. The summed E-state index contributed by atoms with van der Waals surface area (Å²) in [7, 11) is -0.691. The number of ether oxygens (including phenoxy) is 2. The van der Waals surface area contributed by atoms with Crippen molar-refractivity contribution < 1.29 is 29.5 Å². The number of benzene rings is 2. The molecule has 0 spiro atoms. The standard InChI is InChI=1S/C14H8Cl2F2O4/c1-21-13-10(3-2-9(17)12(13)18)22-11-5-8(16)7(15)4-6(11)14(19)20/h2-5H,1H3,(H,19,20)/i1D. The van der Waals surface area contributed by atoms with Crippen molar-refractivity contribution in [3.63, 3.8) is 0 Å². The number of hydrogen-bond acceptors (Lipinski definition) is 3. The maximum absolute atomic E-state index is 13.7. The Morgan fingerprint density at radius 1 is 1.23 bits per heavy atom. The topological polar surface area (TPSA) is 55.8 Å². The van der Waals surface area contributed by atoms with Gasteiger partial charge in [-0.05, 0) is 18.2 Å². The fraction of sp³-hybridized carbons (Fsp3) is 0.0714. The molecule has 2 aromatic carbocycles. The number of carboxylic acid groups (broad SMARTS) is 1. The molecule has 4 nitrogen and oxygen atoms in total. The molecule has 0 amide bonds. The zero-order valence-electron chi connectivity index (χ0n) is 11.7. The van der Waals surface area contributed by atoms with Gasteiger partial charge in [0.15, 0.2) is 11.6 Å². The molecule has 0 heterocycles. The van der Waals surface area contributed by atoms with Gasteiger partial charge in [0.05, 0.1) is 18.5 Å². The molecular weight excluding hydrogens is 341 g/mol.